The van der Waals surface area contributed by atoms with Crippen LogP contribution in [0.25, 0.3) is 0 Å². The summed E-state index contributed by atoms with van der Waals surface area (Å²) in [5, 5.41) is 0. The van der Waals surface area contributed by atoms with Crippen LogP contribution in [0.1, 0.15) is 20.8 Å². The molecule has 0 fully saturated rings. The molecule has 0 spiro atoms. The van der Waals surface area contributed by atoms with E-state index in [1.807, 2.05) is 19.2 Å². The summed E-state index contributed by atoms with van der Waals surface area (Å²) in [4.78, 5) is 14.6. The van der Waals surface area contributed by atoms with Crippen LogP contribution in [0.15, 0.2) is 40.2 Å². The van der Waals surface area contributed by atoms with Gasteiger partial charge in [-0.05, 0) is 40.5 Å². The van der Waals surface area contributed by atoms with Gasteiger partial charge in [0.15, 0.2) is 0 Å². The van der Waals surface area contributed by atoms with Crippen molar-refractivity contribution in [3.8, 4) is 0 Å². The number of rotatable bonds is 3. The SMILES string of the molecule is Cc1ccc(CN(C)C(=O)c2ccc(Br)s2)cc1. The predicted octanol–water partition coefficient (Wildman–Crippen LogP) is 4.09. The zero-order valence-corrected chi connectivity index (χ0v) is 12.7. The molecule has 1 amide bonds. The molecule has 0 aliphatic carbocycles. The molecule has 18 heavy (non-hydrogen) atoms. The van der Waals surface area contributed by atoms with E-state index < -0.39 is 0 Å². The maximum atomic E-state index is 12.1. The fourth-order valence-electron chi connectivity index (χ4n) is 1.66. The van der Waals surface area contributed by atoms with Gasteiger partial charge in [-0.25, -0.2) is 0 Å². The summed E-state index contributed by atoms with van der Waals surface area (Å²) in [7, 11) is 1.83. The first kappa shape index (κ1) is 13.3. The number of thiophene rings is 1. The molecule has 0 aliphatic rings. The summed E-state index contributed by atoms with van der Waals surface area (Å²) in [5.74, 6) is 0.0614. The number of amides is 1. The van der Waals surface area contributed by atoms with Crippen molar-refractivity contribution >= 4 is 33.2 Å². The van der Waals surface area contributed by atoms with E-state index in [0.717, 1.165) is 14.2 Å². The lowest BCUT2D eigenvalue weighted by molar-refractivity contribution is 0.0790. The minimum absolute atomic E-state index is 0.0614. The highest BCUT2D eigenvalue weighted by Crippen LogP contribution is 2.23. The van der Waals surface area contributed by atoms with Gasteiger partial charge in [0.05, 0.1) is 8.66 Å². The summed E-state index contributed by atoms with van der Waals surface area (Å²) in [6, 6.07) is 12.0. The van der Waals surface area contributed by atoms with Crippen molar-refractivity contribution in [3.63, 3.8) is 0 Å². The molecule has 2 aromatic rings. The first-order valence-electron chi connectivity index (χ1n) is 5.62. The van der Waals surface area contributed by atoms with E-state index in [0.29, 0.717) is 6.54 Å². The number of nitrogens with zero attached hydrogens (tertiary/aromatic N) is 1. The molecule has 0 bridgehead atoms. The Balaban J connectivity index is 2.05. The Kier molecular flexibility index (Phi) is 4.19. The Labute approximate surface area is 119 Å². The first-order valence-corrected chi connectivity index (χ1v) is 7.23. The largest absolute Gasteiger partial charge is 0.337 e. The van der Waals surface area contributed by atoms with Crippen LogP contribution in [0.4, 0.5) is 0 Å². The molecule has 1 aromatic heterocycles. The molecule has 0 atom stereocenters. The quantitative estimate of drug-likeness (QED) is 0.833. The number of halogens is 1. The molecule has 1 heterocycles. The van der Waals surface area contributed by atoms with Crippen LogP contribution in [-0.2, 0) is 6.54 Å². The van der Waals surface area contributed by atoms with Gasteiger partial charge in [-0.1, -0.05) is 29.8 Å². The Morgan fingerprint density at radius 2 is 1.89 bits per heavy atom. The van der Waals surface area contributed by atoms with Gasteiger partial charge in [0.2, 0.25) is 0 Å². The van der Waals surface area contributed by atoms with E-state index in [4.69, 9.17) is 0 Å². The van der Waals surface area contributed by atoms with Crippen molar-refractivity contribution in [2.45, 2.75) is 13.5 Å². The van der Waals surface area contributed by atoms with E-state index in [2.05, 4.69) is 47.1 Å². The molecular weight excluding hydrogens is 310 g/mol. The van der Waals surface area contributed by atoms with Crippen LogP contribution in [0, 0.1) is 6.92 Å². The van der Waals surface area contributed by atoms with Gasteiger partial charge in [0.25, 0.3) is 5.91 Å². The zero-order chi connectivity index (χ0) is 13.1. The third kappa shape index (κ3) is 3.21. The fraction of sp³-hybridized carbons (Fsp3) is 0.214. The second-order valence-corrected chi connectivity index (χ2v) is 6.71. The molecule has 94 valence electrons. The average Bonchev–Trinajstić information content (AvgIpc) is 2.78. The fourth-order valence-corrected chi connectivity index (χ4v) is 3.04. The molecule has 0 radical (unpaired) electrons. The van der Waals surface area contributed by atoms with Crippen molar-refractivity contribution in [3.05, 3.63) is 56.2 Å². The summed E-state index contributed by atoms with van der Waals surface area (Å²) in [6.45, 7) is 2.69. The summed E-state index contributed by atoms with van der Waals surface area (Å²) >= 11 is 4.83. The Hall–Kier alpha value is -1.13. The number of aryl methyl sites for hydroxylation is 1. The maximum Gasteiger partial charge on any atom is 0.264 e. The van der Waals surface area contributed by atoms with Crippen molar-refractivity contribution in [2.75, 3.05) is 7.05 Å². The molecule has 2 nitrogen and oxygen atoms in total. The molecule has 0 unspecified atom stereocenters. The lowest BCUT2D eigenvalue weighted by Crippen LogP contribution is -2.25. The van der Waals surface area contributed by atoms with Gasteiger partial charge in [0.1, 0.15) is 0 Å². The topological polar surface area (TPSA) is 20.3 Å². The average molecular weight is 324 g/mol. The van der Waals surface area contributed by atoms with Gasteiger partial charge in [-0.2, -0.15) is 0 Å². The molecule has 0 saturated carbocycles. The van der Waals surface area contributed by atoms with E-state index >= 15 is 0 Å². The highest BCUT2D eigenvalue weighted by atomic mass is 79.9. The molecule has 1 aromatic carbocycles. The van der Waals surface area contributed by atoms with E-state index in [-0.39, 0.29) is 5.91 Å². The van der Waals surface area contributed by atoms with E-state index in [9.17, 15) is 4.79 Å². The third-order valence-electron chi connectivity index (χ3n) is 2.67. The van der Waals surface area contributed by atoms with Gasteiger partial charge in [-0.3, -0.25) is 4.79 Å². The number of carbonyl (C=O) groups is 1. The van der Waals surface area contributed by atoms with Crippen LogP contribution in [0.2, 0.25) is 0 Å². The summed E-state index contributed by atoms with van der Waals surface area (Å²) < 4.78 is 0.981. The summed E-state index contributed by atoms with van der Waals surface area (Å²) in [6.07, 6.45) is 0. The second kappa shape index (κ2) is 5.67. The molecule has 0 aliphatic heterocycles. The van der Waals surface area contributed by atoms with Crippen LogP contribution in [0.5, 0.6) is 0 Å². The van der Waals surface area contributed by atoms with Gasteiger partial charge < -0.3 is 4.90 Å². The van der Waals surface area contributed by atoms with Crippen LogP contribution in [-0.4, -0.2) is 17.9 Å². The molecule has 0 saturated heterocycles. The van der Waals surface area contributed by atoms with Crippen LogP contribution >= 0.6 is 27.3 Å². The monoisotopic (exact) mass is 323 g/mol. The standard InChI is InChI=1S/C14H14BrNOS/c1-10-3-5-11(6-4-10)9-16(2)14(17)12-7-8-13(15)18-12/h3-8H,9H2,1-2H3. The maximum absolute atomic E-state index is 12.1. The van der Waals surface area contributed by atoms with Crippen molar-refractivity contribution in [1.29, 1.82) is 0 Å². The minimum Gasteiger partial charge on any atom is -0.337 e. The lowest BCUT2D eigenvalue weighted by Gasteiger charge is -2.16. The summed E-state index contributed by atoms with van der Waals surface area (Å²) in [5.41, 5.74) is 2.38. The van der Waals surface area contributed by atoms with Crippen molar-refractivity contribution in [1.82, 2.24) is 4.90 Å². The van der Waals surface area contributed by atoms with Crippen molar-refractivity contribution < 1.29 is 4.79 Å². The highest BCUT2D eigenvalue weighted by molar-refractivity contribution is 9.11. The number of hydrogen-bond donors (Lipinski definition) is 0. The Morgan fingerprint density at radius 1 is 1.22 bits per heavy atom. The van der Waals surface area contributed by atoms with Crippen LogP contribution < -0.4 is 0 Å². The van der Waals surface area contributed by atoms with Gasteiger partial charge in [-0.15, -0.1) is 11.3 Å². The molecule has 0 N–H and O–H groups in total. The van der Waals surface area contributed by atoms with E-state index in [1.54, 1.807) is 4.90 Å². The third-order valence-corrected chi connectivity index (χ3v) is 4.28. The van der Waals surface area contributed by atoms with Gasteiger partial charge in [0, 0.05) is 13.6 Å². The minimum atomic E-state index is 0.0614. The Morgan fingerprint density at radius 3 is 2.44 bits per heavy atom. The molecule has 4 heteroatoms. The number of carbonyl (C=O) groups excluding carboxylic acids is 1. The highest BCUT2D eigenvalue weighted by Gasteiger charge is 2.13. The van der Waals surface area contributed by atoms with Crippen LogP contribution in [0.3, 0.4) is 0 Å². The zero-order valence-electron chi connectivity index (χ0n) is 10.3. The Bertz CT molecular complexity index is 547. The van der Waals surface area contributed by atoms with Gasteiger partial charge >= 0.3 is 0 Å². The number of hydrogen-bond acceptors (Lipinski definition) is 2. The second-order valence-electron chi connectivity index (χ2n) is 4.25. The predicted molar refractivity (Wildman–Crippen MR) is 79.0 cm³/mol. The molecular formula is C14H14BrNOS. The van der Waals surface area contributed by atoms with Crippen molar-refractivity contribution in [2.24, 2.45) is 0 Å². The smallest absolute Gasteiger partial charge is 0.264 e. The van der Waals surface area contributed by atoms with E-state index in [1.165, 1.54) is 16.9 Å². The molecule has 2 rings (SSSR count). The first-order chi connectivity index (χ1) is 8.56. The lowest BCUT2D eigenvalue weighted by atomic mass is 10.1. The number of benzene rings is 1. The normalized spacial score (nSPS) is 10.4.